The third-order valence-electron chi connectivity index (χ3n) is 2.08. The van der Waals surface area contributed by atoms with Gasteiger partial charge in [-0.2, -0.15) is 0 Å². The van der Waals surface area contributed by atoms with Gasteiger partial charge in [-0.25, -0.2) is 0 Å². The molecule has 0 bridgehead atoms. The molecule has 1 aromatic heterocycles. The summed E-state index contributed by atoms with van der Waals surface area (Å²) in [7, 11) is 1.63. The van der Waals surface area contributed by atoms with Gasteiger partial charge in [-0.15, -0.1) is 10.2 Å². The molecule has 0 unspecified atom stereocenters. The lowest BCUT2D eigenvalue weighted by Crippen LogP contribution is -1.89. The third-order valence-corrected chi connectivity index (χ3v) is 2.90. The first-order valence-electron chi connectivity index (χ1n) is 4.54. The van der Waals surface area contributed by atoms with Gasteiger partial charge >= 0.3 is 0 Å². The van der Waals surface area contributed by atoms with E-state index in [9.17, 15) is 0 Å². The van der Waals surface area contributed by atoms with Crippen LogP contribution in [0.1, 0.15) is 0 Å². The van der Waals surface area contributed by atoms with E-state index in [4.69, 9.17) is 16.3 Å². The van der Waals surface area contributed by atoms with Crippen molar-refractivity contribution in [2.75, 3.05) is 7.11 Å². The zero-order valence-electron chi connectivity index (χ0n) is 8.45. The van der Waals surface area contributed by atoms with Gasteiger partial charge in [0.1, 0.15) is 5.75 Å². The normalized spacial score (nSPS) is 10.2. The summed E-state index contributed by atoms with van der Waals surface area (Å²) in [6.07, 6.45) is 0. The summed E-state index contributed by atoms with van der Waals surface area (Å²) in [5.41, 5.74) is 1.73. The van der Waals surface area contributed by atoms with Crippen LogP contribution < -0.4 is 4.74 Å². The summed E-state index contributed by atoms with van der Waals surface area (Å²) in [6.45, 7) is 0. The van der Waals surface area contributed by atoms with Gasteiger partial charge in [-0.3, -0.25) is 0 Å². The lowest BCUT2D eigenvalue weighted by atomic mass is 10.1. The number of benzene rings is 1. The number of halogens is 2. The predicted octanol–water partition coefficient (Wildman–Crippen LogP) is 3.57. The van der Waals surface area contributed by atoms with E-state index < -0.39 is 0 Å². The molecule has 0 spiro atoms. The molecule has 82 valence electrons. The summed E-state index contributed by atoms with van der Waals surface area (Å²) < 4.78 is 6.03. The molecule has 1 aromatic carbocycles. The van der Waals surface area contributed by atoms with E-state index in [0.29, 0.717) is 5.15 Å². The second-order valence-corrected chi connectivity index (χ2v) is 4.33. The lowest BCUT2D eigenvalue weighted by molar-refractivity contribution is 0.412. The van der Waals surface area contributed by atoms with E-state index in [1.165, 1.54) is 0 Å². The average molecular weight is 300 g/mol. The minimum Gasteiger partial charge on any atom is -0.496 e. The van der Waals surface area contributed by atoms with Crippen molar-refractivity contribution in [3.05, 3.63) is 40.0 Å². The van der Waals surface area contributed by atoms with Gasteiger partial charge in [-0.05, 0) is 46.3 Å². The van der Waals surface area contributed by atoms with Gasteiger partial charge < -0.3 is 4.74 Å². The Morgan fingerprint density at radius 1 is 1.19 bits per heavy atom. The molecule has 0 aliphatic rings. The van der Waals surface area contributed by atoms with Crippen molar-refractivity contribution in [3.8, 4) is 17.0 Å². The molecular formula is C11H8BrClN2O. The van der Waals surface area contributed by atoms with Crippen molar-refractivity contribution in [3.63, 3.8) is 0 Å². The zero-order valence-corrected chi connectivity index (χ0v) is 10.8. The summed E-state index contributed by atoms with van der Waals surface area (Å²) in [6, 6.07) is 9.25. The van der Waals surface area contributed by atoms with Crippen LogP contribution in [0.25, 0.3) is 11.3 Å². The molecule has 5 heteroatoms. The van der Waals surface area contributed by atoms with E-state index in [1.54, 1.807) is 13.2 Å². The smallest absolute Gasteiger partial charge is 0.151 e. The van der Waals surface area contributed by atoms with Crippen LogP contribution in [0.5, 0.6) is 5.75 Å². The zero-order chi connectivity index (χ0) is 11.5. The van der Waals surface area contributed by atoms with Gasteiger partial charge in [0.05, 0.1) is 17.3 Å². The van der Waals surface area contributed by atoms with E-state index >= 15 is 0 Å². The Kier molecular flexibility index (Phi) is 3.41. The van der Waals surface area contributed by atoms with Crippen LogP contribution in [0.2, 0.25) is 5.15 Å². The van der Waals surface area contributed by atoms with Crippen LogP contribution in [-0.2, 0) is 0 Å². The number of hydrogen-bond acceptors (Lipinski definition) is 3. The fraction of sp³-hybridized carbons (Fsp3) is 0.0909. The molecule has 2 rings (SSSR count). The molecule has 0 atom stereocenters. The highest BCUT2D eigenvalue weighted by Gasteiger charge is 2.04. The van der Waals surface area contributed by atoms with E-state index in [-0.39, 0.29) is 0 Å². The molecule has 0 N–H and O–H groups in total. The molecule has 0 aliphatic heterocycles. The second kappa shape index (κ2) is 4.80. The topological polar surface area (TPSA) is 35.0 Å². The standard InChI is InChI=1S/C11H8BrClN2O/c1-16-10-4-2-7(6-8(10)12)9-3-5-11(13)15-14-9/h2-6H,1H3. The van der Waals surface area contributed by atoms with Crippen molar-refractivity contribution in [1.82, 2.24) is 10.2 Å². The second-order valence-electron chi connectivity index (χ2n) is 3.09. The molecule has 0 saturated heterocycles. The molecule has 0 radical (unpaired) electrons. The highest BCUT2D eigenvalue weighted by Crippen LogP contribution is 2.29. The fourth-order valence-corrected chi connectivity index (χ4v) is 1.94. The quantitative estimate of drug-likeness (QED) is 0.850. The van der Waals surface area contributed by atoms with Crippen LogP contribution in [0.3, 0.4) is 0 Å². The first kappa shape index (κ1) is 11.4. The molecule has 0 aliphatic carbocycles. The minimum absolute atomic E-state index is 0.385. The summed E-state index contributed by atoms with van der Waals surface area (Å²) in [5, 5.41) is 8.18. The van der Waals surface area contributed by atoms with Crippen LogP contribution >= 0.6 is 27.5 Å². The molecule has 3 nitrogen and oxygen atoms in total. The molecular weight excluding hydrogens is 291 g/mol. The predicted molar refractivity (Wildman–Crippen MR) is 66.7 cm³/mol. The van der Waals surface area contributed by atoms with Gasteiger partial charge in [0.2, 0.25) is 0 Å². The highest BCUT2D eigenvalue weighted by molar-refractivity contribution is 9.10. The monoisotopic (exact) mass is 298 g/mol. The highest BCUT2D eigenvalue weighted by atomic mass is 79.9. The number of rotatable bonds is 2. The molecule has 0 fully saturated rings. The first-order chi connectivity index (χ1) is 7.70. The van der Waals surface area contributed by atoms with Gasteiger partial charge in [-0.1, -0.05) is 11.6 Å². The third kappa shape index (κ3) is 2.33. The molecule has 16 heavy (non-hydrogen) atoms. The van der Waals surface area contributed by atoms with Crippen LogP contribution in [0.4, 0.5) is 0 Å². The van der Waals surface area contributed by atoms with Crippen LogP contribution in [0, 0.1) is 0 Å². The Bertz CT molecular complexity index is 502. The SMILES string of the molecule is COc1ccc(-c2ccc(Cl)nn2)cc1Br. The van der Waals surface area contributed by atoms with Gasteiger partial charge in [0.15, 0.2) is 5.15 Å². The van der Waals surface area contributed by atoms with E-state index in [0.717, 1.165) is 21.5 Å². The van der Waals surface area contributed by atoms with E-state index in [1.807, 2.05) is 24.3 Å². The van der Waals surface area contributed by atoms with Gasteiger partial charge in [0, 0.05) is 5.56 Å². The Morgan fingerprint density at radius 2 is 2.00 bits per heavy atom. The number of hydrogen-bond donors (Lipinski definition) is 0. The number of aromatic nitrogens is 2. The average Bonchev–Trinajstić information content (AvgIpc) is 2.30. The maximum Gasteiger partial charge on any atom is 0.151 e. The minimum atomic E-state index is 0.385. The molecule has 0 saturated carbocycles. The van der Waals surface area contributed by atoms with Crippen LogP contribution in [-0.4, -0.2) is 17.3 Å². The largest absolute Gasteiger partial charge is 0.496 e. The van der Waals surface area contributed by atoms with Crippen molar-refractivity contribution in [2.45, 2.75) is 0 Å². The first-order valence-corrected chi connectivity index (χ1v) is 5.71. The number of ether oxygens (including phenoxy) is 1. The number of nitrogens with zero attached hydrogens (tertiary/aromatic N) is 2. The van der Waals surface area contributed by atoms with Crippen molar-refractivity contribution < 1.29 is 4.74 Å². The Morgan fingerprint density at radius 3 is 2.56 bits per heavy atom. The lowest BCUT2D eigenvalue weighted by Gasteiger charge is -2.05. The molecule has 0 amide bonds. The van der Waals surface area contributed by atoms with Crippen molar-refractivity contribution in [1.29, 1.82) is 0 Å². The molecule has 1 heterocycles. The van der Waals surface area contributed by atoms with Crippen LogP contribution in [0.15, 0.2) is 34.8 Å². The van der Waals surface area contributed by atoms with Crippen molar-refractivity contribution >= 4 is 27.5 Å². The molecule has 2 aromatic rings. The maximum atomic E-state index is 5.68. The Labute approximate surface area is 107 Å². The fourth-order valence-electron chi connectivity index (χ4n) is 1.30. The van der Waals surface area contributed by atoms with Gasteiger partial charge in [0.25, 0.3) is 0 Å². The maximum absolute atomic E-state index is 5.68. The Balaban J connectivity index is 2.41. The number of methoxy groups -OCH3 is 1. The summed E-state index contributed by atoms with van der Waals surface area (Å²) in [4.78, 5) is 0. The summed E-state index contributed by atoms with van der Waals surface area (Å²) >= 11 is 9.09. The van der Waals surface area contributed by atoms with Crippen molar-refractivity contribution in [2.24, 2.45) is 0 Å². The van der Waals surface area contributed by atoms with E-state index in [2.05, 4.69) is 26.1 Å². The summed E-state index contributed by atoms with van der Waals surface area (Å²) in [5.74, 6) is 0.783. The Hall–Kier alpha value is -1.13.